The predicted molar refractivity (Wildman–Crippen MR) is 144 cm³/mol. The number of rotatable bonds is 17. The van der Waals surface area contributed by atoms with E-state index in [2.05, 4.69) is 13.8 Å². The summed E-state index contributed by atoms with van der Waals surface area (Å²) in [6, 6.07) is 0. The molecule has 186 valence electrons. The minimum absolute atomic E-state index is 0.0310. The van der Waals surface area contributed by atoms with Gasteiger partial charge in [0.15, 0.2) is 23.1 Å². The SMILES string of the molecule is CCCCCCCCSC1=CC(=O)C(C2=CC(=O)C(SCCCCCCCC)=CC2=O)=CC1=O. The van der Waals surface area contributed by atoms with Gasteiger partial charge in [-0.15, -0.1) is 23.5 Å². The van der Waals surface area contributed by atoms with Crippen LogP contribution in [-0.2, 0) is 19.2 Å². The van der Waals surface area contributed by atoms with Crippen LogP contribution < -0.4 is 0 Å². The van der Waals surface area contributed by atoms with Crippen molar-refractivity contribution in [1.29, 1.82) is 0 Å². The van der Waals surface area contributed by atoms with Crippen molar-refractivity contribution in [2.24, 2.45) is 0 Å². The molecule has 0 bridgehead atoms. The summed E-state index contributed by atoms with van der Waals surface area (Å²) in [7, 11) is 0. The Hall–Kier alpha value is -1.66. The molecule has 2 aliphatic rings. The predicted octanol–water partition coefficient (Wildman–Crippen LogP) is 7.10. The summed E-state index contributed by atoms with van der Waals surface area (Å²) in [5, 5.41) is 0. The number of ketones is 4. The van der Waals surface area contributed by atoms with Gasteiger partial charge in [0.05, 0.1) is 9.81 Å². The number of carbonyl (C=O) groups is 4. The normalized spacial score (nSPS) is 16.4. The topological polar surface area (TPSA) is 68.3 Å². The molecule has 0 aromatic heterocycles. The van der Waals surface area contributed by atoms with E-state index >= 15 is 0 Å². The molecule has 34 heavy (non-hydrogen) atoms. The number of hydrogen-bond donors (Lipinski definition) is 0. The zero-order chi connectivity index (χ0) is 24.8. The Balaban J connectivity index is 1.84. The number of thioether (sulfide) groups is 2. The molecule has 0 saturated heterocycles. The summed E-state index contributed by atoms with van der Waals surface area (Å²) >= 11 is 2.80. The largest absolute Gasteiger partial charge is 0.289 e. The smallest absolute Gasteiger partial charge is 0.193 e. The molecule has 0 amide bonds. The summed E-state index contributed by atoms with van der Waals surface area (Å²) in [4.78, 5) is 51.3. The highest BCUT2D eigenvalue weighted by molar-refractivity contribution is 8.04. The van der Waals surface area contributed by atoms with E-state index in [4.69, 9.17) is 0 Å². The molecule has 0 atom stereocenters. The molecule has 0 saturated carbocycles. The lowest BCUT2D eigenvalue weighted by atomic mass is 9.90. The first-order chi connectivity index (χ1) is 16.5. The molecular formula is C28H38O4S2. The maximum Gasteiger partial charge on any atom is 0.193 e. The van der Waals surface area contributed by atoms with Gasteiger partial charge in [0.1, 0.15) is 0 Å². The van der Waals surface area contributed by atoms with Crippen molar-refractivity contribution in [3.05, 3.63) is 45.3 Å². The van der Waals surface area contributed by atoms with Crippen LogP contribution in [0.4, 0.5) is 0 Å². The summed E-state index contributed by atoms with van der Waals surface area (Å²) in [5.41, 5.74) is 0.0620. The van der Waals surface area contributed by atoms with E-state index in [-0.39, 0.29) is 34.3 Å². The Morgan fingerprint density at radius 1 is 0.471 bits per heavy atom. The van der Waals surface area contributed by atoms with E-state index < -0.39 is 0 Å². The van der Waals surface area contributed by atoms with Gasteiger partial charge >= 0.3 is 0 Å². The van der Waals surface area contributed by atoms with Crippen LogP contribution in [0.5, 0.6) is 0 Å². The van der Waals surface area contributed by atoms with Crippen LogP contribution in [0.3, 0.4) is 0 Å². The second-order valence-electron chi connectivity index (χ2n) is 8.82. The van der Waals surface area contributed by atoms with Crippen LogP contribution in [-0.4, -0.2) is 34.6 Å². The molecule has 0 aromatic carbocycles. The van der Waals surface area contributed by atoms with Crippen molar-refractivity contribution in [3.63, 3.8) is 0 Å². The molecule has 0 radical (unpaired) electrons. The Labute approximate surface area is 213 Å². The molecule has 0 unspecified atom stereocenters. The fraction of sp³-hybridized carbons (Fsp3) is 0.571. The van der Waals surface area contributed by atoms with Gasteiger partial charge < -0.3 is 0 Å². The fourth-order valence-electron chi connectivity index (χ4n) is 3.86. The van der Waals surface area contributed by atoms with Crippen LogP contribution in [0, 0.1) is 0 Å². The lowest BCUT2D eigenvalue weighted by Gasteiger charge is -2.16. The minimum atomic E-state index is -0.381. The lowest BCUT2D eigenvalue weighted by Crippen LogP contribution is -2.20. The minimum Gasteiger partial charge on any atom is -0.289 e. The van der Waals surface area contributed by atoms with Crippen molar-refractivity contribution < 1.29 is 19.2 Å². The molecule has 4 nitrogen and oxygen atoms in total. The molecule has 0 aliphatic heterocycles. The molecular weight excluding hydrogens is 464 g/mol. The van der Waals surface area contributed by atoms with Crippen LogP contribution in [0.15, 0.2) is 45.3 Å². The highest BCUT2D eigenvalue weighted by Gasteiger charge is 2.29. The first-order valence-electron chi connectivity index (χ1n) is 12.8. The third kappa shape index (κ3) is 9.53. The van der Waals surface area contributed by atoms with Crippen LogP contribution in [0.2, 0.25) is 0 Å². The van der Waals surface area contributed by atoms with Gasteiger partial charge in [0.25, 0.3) is 0 Å². The second kappa shape index (κ2) is 16.1. The molecule has 0 N–H and O–H groups in total. The van der Waals surface area contributed by atoms with E-state index in [1.54, 1.807) is 0 Å². The van der Waals surface area contributed by atoms with Gasteiger partial charge in [0.2, 0.25) is 0 Å². The van der Waals surface area contributed by atoms with Gasteiger partial charge in [-0.1, -0.05) is 78.1 Å². The van der Waals surface area contributed by atoms with Gasteiger partial charge in [-0.3, -0.25) is 19.2 Å². The summed E-state index contributed by atoms with van der Waals surface area (Å²) < 4.78 is 0. The molecule has 6 heteroatoms. The molecule has 0 spiro atoms. The average Bonchev–Trinajstić information content (AvgIpc) is 2.81. The first-order valence-corrected chi connectivity index (χ1v) is 14.7. The van der Waals surface area contributed by atoms with Crippen LogP contribution in [0.1, 0.15) is 90.9 Å². The van der Waals surface area contributed by atoms with Gasteiger partial charge in [0, 0.05) is 23.3 Å². The number of carbonyl (C=O) groups excluding carboxylic acids is 4. The first kappa shape index (κ1) is 28.6. The fourth-order valence-corrected chi connectivity index (χ4v) is 5.78. The summed E-state index contributed by atoms with van der Waals surface area (Å²) in [6.07, 6.45) is 19.2. The van der Waals surface area contributed by atoms with Crippen molar-refractivity contribution in [2.75, 3.05) is 11.5 Å². The van der Waals surface area contributed by atoms with Crippen LogP contribution in [0.25, 0.3) is 0 Å². The average molecular weight is 503 g/mol. The van der Waals surface area contributed by atoms with E-state index in [1.165, 1.54) is 99.2 Å². The zero-order valence-electron chi connectivity index (χ0n) is 20.7. The number of hydrogen-bond acceptors (Lipinski definition) is 6. The van der Waals surface area contributed by atoms with Gasteiger partial charge in [-0.2, -0.15) is 0 Å². The molecule has 2 rings (SSSR count). The van der Waals surface area contributed by atoms with Crippen LogP contribution >= 0.6 is 23.5 Å². The number of unbranched alkanes of at least 4 members (excludes halogenated alkanes) is 10. The Kier molecular flexibility index (Phi) is 13.5. The van der Waals surface area contributed by atoms with E-state index in [9.17, 15) is 19.2 Å². The molecule has 0 heterocycles. The van der Waals surface area contributed by atoms with Crippen molar-refractivity contribution in [3.8, 4) is 0 Å². The Bertz CT molecular complexity index is 805. The van der Waals surface area contributed by atoms with Gasteiger partial charge in [-0.05, 0) is 36.5 Å². The highest BCUT2D eigenvalue weighted by Crippen LogP contribution is 2.31. The molecule has 0 aromatic rings. The van der Waals surface area contributed by atoms with Gasteiger partial charge in [-0.25, -0.2) is 0 Å². The third-order valence-corrected chi connectivity index (χ3v) is 8.14. The third-order valence-electron chi connectivity index (χ3n) is 5.89. The van der Waals surface area contributed by atoms with Crippen molar-refractivity contribution in [2.45, 2.75) is 90.9 Å². The van der Waals surface area contributed by atoms with E-state index in [0.29, 0.717) is 9.81 Å². The number of allylic oxidation sites excluding steroid dienone is 8. The Morgan fingerprint density at radius 3 is 1.21 bits per heavy atom. The summed E-state index contributed by atoms with van der Waals surface area (Å²) in [6.45, 7) is 4.38. The highest BCUT2D eigenvalue weighted by atomic mass is 32.2. The van der Waals surface area contributed by atoms with E-state index in [0.717, 1.165) is 37.2 Å². The zero-order valence-corrected chi connectivity index (χ0v) is 22.3. The van der Waals surface area contributed by atoms with Crippen molar-refractivity contribution >= 4 is 46.7 Å². The second-order valence-corrected chi connectivity index (χ2v) is 11.1. The maximum atomic E-state index is 12.7. The monoisotopic (exact) mass is 502 g/mol. The standard InChI is InChI=1S/C28H38O4S2/c1-3-5-7-9-11-13-15-33-27-19-23(29)21(17-25(27)31)22-18-26(32)28(20-24(22)30)34-16-14-12-10-8-6-4-2/h17-20H,3-16H2,1-2H3. The Morgan fingerprint density at radius 2 is 0.824 bits per heavy atom. The lowest BCUT2D eigenvalue weighted by molar-refractivity contribution is -0.116. The summed E-state index contributed by atoms with van der Waals surface area (Å²) in [5.74, 6) is 0.297. The van der Waals surface area contributed by atoms with Crippen molar-refractivity contribution in [1.82, 2.24) is 0 Å². The van der Waals surface area contributed by atoms with E-state index in [1.807, 2.05) is 0 Å². The maximum absolute atomic E-state index is 12.7. The quantitative estimate of drug-likeness (QED) is 0.156. The molecule has 2 aliphatic carbocycles. The molecule has 0 fully saturated rings.